The number of nitrogens with zero attached hydrogens (tertiary/aromatic N) is 1. The number of hydrogen-bond acceptors (Lipinski definition) is 1. The van der Waals surface area contributed by atoms with Gasteiger partial charge in [-0.05, 0) is 48.5 Å². The van der Waals surface area contributed by atoms with E-state index in [1.54, 1.807) is 18.2 Å². The summed E-state index contributed by atoms with van der Waals surface area (Å²) in [7, 11) is 0. The molecule has 0 atom stereocenters. The second kappa shape index (κ2) is 6.23. The summed E-state index contributed by atoms with van der Waals surface area (Å²) in [6.07, 6.45) is -0.775. The van der Waals surface area contributed by atoms with Crippen molar-refractivity contribution in [3.05, 3.63) is 84.2 Å². The van der Waals surface area contributed by atoms with E-state index in [4.69, 9.17) is 0 Å². The van der Waals surface area contributed by atoms with E-state index in [1.807, 2.05) is 35.2 Å². The van der Waals surface area contributed by atoms with E-state index in [0.29, 0.717) is 5.56 Å². The van der Waals surface area contributed by atoms with Gasteiger partial charge in [-0.25, -0.2) is 0 Å². The summed E-state index contributed by atoms with van der Waals surface area (Å²) in [4.78, 5) is 12.3. The van der Waals surface area contributed by atoms with Crippen LogP contribution in [0.5, 0.6) is 0 Å². The molecule has 0 radical (unpaired) electrons. The van der Waals surface area contributed by atoms with E-state index in [9.17, 15) is 18.0 Å². The molecule has 3 aromatic rings. The Hall–Kier alpha value is -3.02. The number of hydrogen-bond donors (Lipinski definition) is 1. The average Bonchev–Trinajstić information content (AvgIpc) is 3.09. The summed E-state index contributed by atoms with van der Waals surface area (Å²) >= 11 is 0. The first-order valence-electron chi connectivity index (χ1n) is 7.15. The highest BCUT2D eigenvalue weighted by atomic mass is 19.4. The Morgan fingerprint density at radius 3 is 2.33 bits per heavy atom. The molecule has 1 heterocycles. The van der Waals surface area contributed by atoms with Gasteiger partial charge in [-0.1, -0.05) is 12.1 Å². The number of anilines is 1. The lowest BCUT2D eigenvalue weighted by atomic mass is 10.1. The molecule has 0 aliphatic heterocycles. The maximum atomic E-state index is 12.7. The standard InChI is InChI=1S/C18H13F3N2O/c19-18(20,21)14-6-4-7-15(12-14)22-17(24)13-5-3-8-16(11-13)23-9-1-2-10-23/h1-12H,(H,22,24). The Labute approximate surface area is 136 Å². The summed E-state index contributed by atoms with van der Waals surface area (Å²) in [5, 5.41) is 2.50. The molecular weight excluding hydrogens is 317 g/mol. The van der Waals surface area contributed by atoms with Crippen molar-refractivity contribution in [3.8, 4) is 5.69 Å². The van der Waals surface area contributed by atoms with Crippen molar-refractivity contribution in [2.45, 2.75) is 6.18 Å². The molecule has 0 unspecified atom stereocenters. The Balaban J connectivity index is 1.82. The maximum absolute atomic E-state index is 12.7. The van der Waals surface area contributed by atoms with Gasteiger partial charge in [-0.15, -0.1) is 0 Å². The molecule has 0 bridgehead atoms. The van der Waals surface area contributed by atoms with Gasteiger partial charge >= 0.3 is 6.18 Å². The van der Waals surface area contributed by atoms with Gasteiger partial charge in [0.2, 0.25) is 0 Å². The SMILES string of the molecule is O=C(Nc1cccc(C(F)(F)F)c1)c1cccc(-n2cccc2)c1. The molecule has 6 heteroatoms. The van der Waals surface area contributed by atoms with E-state index in [-0.39, 0.29) is 5.69 Å². The molecular formula is C18H13F3N2O. The Kier molecular flexibility index (Phi) is 4.12. The number of rotatable bonds is 3. The monoisotopic (exact) mass is 330 g/mol. The summed E-state index contributed by atoms with van der Waals surface area (Å²) in [5.41, 5.74) is 0.442. The Morgan fingerprint density at radius 2 is 1.62 bits per heavy atom. The summed E-state index contributed by atoms with van der Waals surface area (Å²) in [5.74, 6) is -0.469. The normalized spacial score (nSPS) is 11.3. The molecule has 0 saturated carbocycles. The lowest BCUT2D eigenvalue weighted by molar-refractivity contribution is -0.137. The number of benzene rings is 2. The van der Waals surface area contributed by atoms with Gasteiger partial charge in [-0.3, -0.25) is 4.79 Å². The van der Waals surface area contributed by atoms with Crippen LogP contribution in [0.25, 0.3) is 5.69 Å². The Morgan fingerprint density at radius 1 is 0.917 bits per heavy atom. The van der Waals surface area contributed by atoms with Gasteiger partial charge < -0.3 is 9.88 Å². The van der Waals surface area contributed by atoms with Crippen molar-refractivity contribution < 1.29 is 18.0 Å². The molecule has 1 amide bonds. The van der Waals surface area contributed by atoms with Gasteiger partial charge in [0.25, 0.3) is 5.91 Å². The van der Waals surface area contributed by atoms with E-state index < -0.39 is 17.6 Å². The molecule has 0 aliphatic rings. The molecule has 0 spiro atoms. The van der Waals surface area contributed by atoms with Crippen molar-refractivity contribution in [1.82, 2.24) is 4.57 Å². The van der Waals surface area contributed by atoms with Gasteiger partial charge in [0.1, 0.15) is 0 Å². The molecule has 1 N–H and O–H groups in total. The van der Waals surface area contributed by atoms with Crippen molar-refractivity contribution in [3.63, 3.8) is 0 Å². The average molecular weight is 330 g/mol. The highest BCUT2D eigenvalue weighted by Crippen LogP contribution is 2.30. The van der Waals surface area contributed by atoms with Crippen LogP contribution >= 0.6 is 0 Å². The van der Waals surface area contributed by atoms with Crippen LogP contribution in [0.3, 0.4) is 0 Å². The first kappa shape index (κ1) is 15.9. The van der Waals surface area contributed by atoms with E-state index in [1.165, 1.54) is 12.1 Å². The summed E-state index contributed by atoms with van der Waals surface area (Å²) < 4.78 is 40.0. The number of carbonyl (C=O) groups excluding carboxylic acids is 1. The third kappa shape index (κ3) is 3.48. The third-order valence-corrected chi connectivity index (χ3v) is 3.46. The number of halogens is 3. The second-order valence-corrected chi connectivity index (χ2v) is 5.17. The summed E-state index contributed by atoms with van der Waals surface area (Å²) in [6, 6.07) is 15.1. The van der Waals surface area contributed by atoms with Crippen molar-refractivity contribution >= 4 is 11.6 Å². The maximum Gasteiger partial charge on any atom is 0.416 e. The Bertz CT molecular complexity index is 855. The van der Waals surface area contributed by atoms with Crippen molar-refractivity contribution in [2.75, 3.05) is 5.32 Å². The second-order valence-electron chi connectivity index (χ2n) is 5.17. The molecule has 1 aromatic heterocycles. The van der Waals surface area contributed by atoms with Crippen LogP contribution in [0.4, 0.5) is 18.9 Å². The van der Waals surface area contributed by atoms with Gasteiger partial charge in [-0.2, -0.15) is 13.2 Å². The molecule has 0 aliphatic carbocycles. The van der Waals surface area contributed by atoms with Crippen LogP contribution in [-0.4, -0.2) is 10.5 Å². The molecule has 3 nitrogen and oxygen atoms in total. The van der Waals surface area contributed by atoms with E-state index >= 15 is 0 Å². The molecule has 3 rings (SSSR count). The highest BCUT2D eigenvalue weighted by molar-refractivity contribution is 6.04. The van der Waals surface area contributed by atoms with Crippen LogP contribution in [0.15, 0.2) is 73.1 Å². The van der Waals surface area contributed by atoms with Gasteiger partial charge in [0.15, 0.2) is 0 Å². The fourth-order valence-corrected chi connectivity index (χ4v) is 2.29. The third-order valence-electron chi connectivity index (χ3n) is 3.46. The minimum Gasteiger partial charge on any atom is -0.324 e. The molecule has 2 aromatic carbocycles. The predicted octanol–water partition coefficient (Wildman–Crippen LogP) is 4.75. The predicted molar refractivity (Wildman–Crippen MR) is 85.2 cm³/mol. The van der Waals surface area contributed by atoms with Crippen LogP contribution in [0, 0.1) is 0 Å². The van der Waals surface area contributed by atoms with Crippen LogP contribution in [0.1, 0.15) is 15.9 Å². The van der Waals surface area contributed by atoms with Gasteiger partial charge in [0.05, 0.1) is 5.56 Å². The van der Waals surface area contributed by atoms with Crippen LogP contribution in [0.2, 0.25) is 0 Å². The molecule has 0 fully saturated rings. The minimum absolute atomic E-state index is 0.0983. The first-order chi connectivity index (χ1) is 11.4. The number of alkyl halides is 3. The smallest absolute Gasteiger partial charge is 0.324 e. The fourth-order valence-electron chi connectivity index (χ4n) is 2.29. The first-order valence-corrected chi connectivity index (χ1v) is 7.15. The zero-order valence-electron chi connectivity index (χ0n) is 12.4. The topological polar surface area (TPSA) is 34.0 Å². The molecule has 122 valence electrons. The van der Waals surface area contributed by atoms with E-state index in [0.717, 1.165) is 17.8 Å². The van der Waals surface area contributed by atoms with Crippen molar-refractivity contribution in [1.29, 1.82) is 0 Å². The van der Waals surface area contributed by atoms with Crippen molar-refractivity contribution in [2.24, 2.45) is 0 Å². The largest absolute Gasteiger partial charge is 0.416 e. The fraction of sp³-hybridized carbons (Fsp3) is 0.0556. The van der Waals surface area contributed by atoms with Gasteiger partial charge in [0, 0.05) is 29.3 Å². The summed E-state index contributed by atoms with van der Waals surface area (Å²) in [6.45, 7) is 0. The lowest BCUT2D eigenvalue weighted by Crippen LogP contribution is -2.13. The zero-order chi connectivity index (χ0) is 17.2. The number of carbonyl (C=O) groups is 1. The number of amides is 1. The van der Waals surface area contributed by atoms with Crippen LogP contribution < -0.4 is 5.32 Å². The highest BCUT2D eigenvalue weighted by Gasteiger charge is 2.30. The number of nitrogens with one attached hydrogen (secondary N) is 1. The molecule has 0 saturated heterocycles. The minimum atomic E-state index is -4.45. The van der Waals surface area contributed by atoms with E-state index in [2.05, 4.69) is 5.32 Å². The zero-order valence-corrected chi connectivity index (χ0v) is 12.4. The quantitative estimate of drug-likeness (QED) is 0.739. The lowest BCUT2D eigenvalue weighted by Gasteiger charge is -2.10. The molecule has 24 heavy (non-hydrogen) atoms. The van der Waals surface area contributed by atoms with Crippen LogP contribution in [-0.2, 0) is 6.18 Å². The number of aromatic nitrogens is 1.